The molecule has 1 atom stereocenters. The highest BCUT2D eigenvalue weighted by atomic mass is 35.5. The standard InChI is InChI=1S/C10H9ClO/c11-10-4-2-8-5-7(6-12)1-3-9(8)10/h1,3,5-6,10H,2,4H2. The average molecular weight is 181 g/mol. The van der Waals surface area contributed by atoms with Gasteiger partial charge in [0, 0.05) is 5.56 Å². The van der Waals surface area contributed by atoms with E-state index in [4.69, 9.17) is 11.6 Å². The van der Waals surface area contributed by atoms with Gasteiger partial charge in [-0.3, -0.25) is 4.79 Å². The number of aryl methyl sites for hydroxylation is 1. The van der Waals surface area contributed by atoms with Crippen LogP contribution in [-0.4, -0.2) is 6.29 Å². The van der Waals surface area contributed by atoms with Crippen molar-refractivity contribution in [3.63, 3.8) is 0 Å². The predicted molar refractivity (Wildman–Crippen MR) is 48.7 cm³/mol. The van der Waals surface area contributed by atoms with Crippen molar-refractivity contribution < 1.29 is 4.79 Å². The van der Waals surface area contributed by atoms with Crippen LogP contribution < -0.4 is 0 Å². The van der Waals surface area contributed by atoms with E-state index in [1.807, 2.05) is 18.2 Å². The van der Waals surface area contributed by atoms with Gasteiger partial charge in [0.1, 0.15) is 6.29 Å². The summed E-state index contributed by atoms with van der Waals surface area (Å²) in [7, 11) is 0. The van der Waals surface area contributed by atoms with Gasteiger partial charge in [-0.1, -0.05) is 12.1 Å². The molecule has 0 aromatic heterocycles. The number of benzene rings is 1. The minimum absolute atomic E-state index is 0.153. The van der Waals surface area contributed by atoms with E-state index in [9.17, 15) is 4.79 Å². The van der Waals surface area contributed by atoms with Crippen LogP contribution in [-0.2, 0) is 6.42 Å². The molecule has 0 fully saturated rings. The van der Waals surface area contributed by atoms with E-state index < -0.39 is 0 Å². The number of aldehydes is 1. The van der Waals surface area contributed by atoms with Crippen molar-refractivity contribution in [2.24, 2.45) is 0 Å². The Morgan fingerprint density at radius 3 is 3.08 bits per heavy atom. The maximum Gasteiger partial charge on any atom is 0.150 e. The first-order chi connectivity index (χ1) is 5.81. The molecule has 1 nitrogen and oxygen atoms in total. The molecule has 1 aromatic carbocycles. The molecule has 0 radical (unpaired) electrons. The molecular weight excluding hydrogens is 172 g/mol. The second-order valence-electron chi connectivity index (χ2n) is 3.08. The zero-order valence-corrected chi connectivity index (χ0v) is 7.34. The largest absolute Gasteiger partial charge is 0.298 e. The highest BCUT2D eigenvalue weighted by Crippen LogP contribution is 2.35. The third kappa shape index (κ3) is 1.14. The van der Waals surface area contributed by atoms with Gasteiger partial charge in [0.2, 0.25) is 0 Å². The van der Waals surface area contributed by atoms with Gasteiger partial charge in [0.15, 0.2) is 0 Å². The molecule has 1 aliphatic carbocycles. The Balaban J connectivity index is 2.48. The first-order valence-corrected chi connectivity index (χ1v) is 4.47. The molecule has 0 heterocycles. The molecule has 0 saturated carbocycles. The lowest BCUT2D eigenvalue weighted by molar-refractivity contribution is 0.112. The van der Waals surface area contributed by atoms with Gasteiger partial charge in [-0.15, -0.1) is 11.6 Å². The zero-order valence-electron chi connectivity index (χ0n) is 6.59. The third-order valence-corrected chi connectivity index (χ3v) is 2.76. The molecule has 0 spiro atoms. The molecule has 0 aliphatic heterocycles. The molecule has 2 heteroatoms. The van der Waals surface area contributed by atoms with E-state index in [1.54, 1.807) is 0 Å². The van der Waals surface area contributed by atoms with Gasteiger partial charge in [-0.05, 0) is 30.0 Å². The number of halogens is 1. The summed E-state index contributed by atoms with van der Waals surface area (Å²) in [6.45, 7) is 0. The van der Waals surface area contributed by atoms with E-state index in [-0.39, 0.29) is 5.38 Å². The average Bonchev–Trinajstić information content (AvgIpc) is 2.47. The summed E-state index contributed by atoms with van der Waals surface area (Å²) in [5.74, 6) is 0. The topological polar surface area (TPSA) is 17.1 Å². The van der Waals surface area contributed by atoms with Crippen LogP contribution in [0.1, 0.15) is 33.3 Å². The summed E-state index contributed by atoms with van der Waals surface area (Å²) in [4.78, 5) is 10.5. The summed E-state index contributed by atoms with van der Waals surface area (Å²) in [5.41, 5.74) is 3.18. The van der Waals surface area contributed by atoms with Crippen LogP contribution in [0.15, 0.2) is 18.2 Å². The van der Waals surface area contributed by atoms with Crippen molar-refractivity contribution in [1.82, 2.24) is 0 Å². The fraction of sp³-hybridized carbons (Fsp3) is 0.300. The summed E-state index contributed by atoms with van der Waals surface area (Å²) in [5, 5.41) is 0.153. The molecule has 62 valence electrons. The van der Waals surface area contributed by atoms with Crippen molar-refractivity contribution >= 4 is 17.9 Å². The Morgan fingerprint density at radius 2 is 2.33 bits per heavy atom. The molecule has 1 aromatic rings. The zero-order chi connectivity index (χ0) is 8.55. The minimum atomic E-state index is 0.153. The van der Waals surface area contributed by atoms with Crippen LogP contribution in [0, 0.1) is 0 Å². The molecule has 2 rings (SSSR count). The molecule has 0 N–H and O–H groups in total. The lowest BCUT2D eigenvalue weighted by Crippen LogP contribution is -1.86. The minimum Gasteiger partial charge on any atom is -0.298 e. The van der Waals surface area contributed by atoms with Gasteiger partial charge in [-0.2, -0.15) is 0 Å². The molecule has 0 amide bonds. The van der Waals surface area contributed by atoms with E-state index in [2.05, 4.69) is 0 Å². The summed E-state index contributed by atoms with van der Waals surface area (Å²) >= 11 is 6.05. The van der Waals surface area contributed by atoms with E-state index in [1.165, 1.54) is 11.1 Å². The van der Waals surface area contributed by atoms with Gasteiger partial charge in [0.25, 0.3) is 0 Å². The number of carbonyl (C=O) groups is 1. The maximum absolute atomic E-state index is 10.5. The van der Waals surface area contributed by atoms with Crippen molar-refractivity contribution in [2.45, 2.75) is 18.2 Å². The molecule has 0 bridgehead atoms. The lowest BCUT2D eigenvalue weighted by atomic mass is 10.1. The second-order valence-corrected chi connectivity index (χ2v) is 3.61. The summed E-state index contributed by atoms with van der Waals surface area (Å²) in [6.07, 6.45) is 2.88. The highest BCUT2D eigenvalue weighted by molar-refractivity contribution is 6.21. The van der Waals surface area contributed by atoms with Crippen molar-refractivity contribution in [3.05, 3.63) is 34.9 Å². The highest BCUT2D eigenvalue weighted by Gasteiger charge is 2.19. The number of hydrogen-bond acceptors (Lipinski definition) is 1. The van der Waals surface area contributed by atoms with Crippen LogP contribution in [0.25, 0.3) is 0 Å². The second kappa shape index (κ2) is 2.91. The quantitative estimate of drug-likeness (QED) is 0.480. The number of alkyl halides is 1. The first-order valence-electron chi connectivity index (χ1n) is 4.03. The van der Waals surface area contributed by atoms with E-state index in [0.717, 1.165) is 24.7 Å². The SMILES string of the molecule is O=Cc1ccc2c(c1)CCC2Cl. The first kappa shape index (κ1) is 7.81. The molecular formula is C10H9ClO. The van der Waals surface area contributed by atoms with E-state index in [0.29, 0.717) is 0 Å². The van der Waals surface area contributed by atoms with Gasteiger partial charge in [-0.25, -0.2) is 0 Å². The van der Waals surface area contributed by atoms with Crippen molar-refractivity contribution in [3.8, 4) is 0 Å². The van der Waals surface area contributed by atoms with Crippen LogP contribution in [0.2, 0.25) is 0 Å². The number of rotatable bonds is 1. The van der Waals surface area contributed by atoms with Crippen LogP contribution in [0.5, 0.6) is 0 Å². The normalized spacial score (nSPS) is 20.6. The summed E-state index contributed by atoms with van der Waals surface area (Å²) < 4.78 is 0. The van der Waals surface area contributed by atoms with Gasteiger partial charge < -0.3 is 0 Å². The van der Waals surface area contributed by atoms with Crippen LogP contribution in [0.3, 0.4) is 0 Å². The van der Waals surface area contributed by atoms with Crippen molar-refractivity contribution in [1.29, 1.82) is 0 Å². The van der Waals surface area contributed by atoms with Crippen LogP contribution in [0.4, 0.5) is 0 Å². The number of carbonyl (C=O) groups excluding carboxylic acids is 1. The Kier molecular flexibility index (Phi) is 1.89. The Bertz CT molecular complexity index is 320. The smallest absolute Gasteiger partial charge is 0.150 e. The number of fused-ring (bicyclic) bond motifs is 1. The lowest BCUT2D eigenvalue weighted by Gasteiger charge is -2.01. The maximum atomic E-state index is 10.5. The van der Waals surface area contributed by atoms with Gasteiger partial charge in [0.05, 0.1) is 5.38 Å². The Labute approximate surface area is 76.4 Å². The summed E-state index contributed by atoms with van der Waals surface area (Å²) in [6, 6.07) is 5.72. The fourth-order valence-corrected chi connectivity index (χ4v) is 1.98. The van der Waals surface area contributed by atoms with E-state index >= 15 is 0 Å². The molecule has 1 aliphatic rings. The van der Waals surface area contributed by atoms with Crippen LogP contribution >= 0.6 is 11.6 Å². The molecule has 1 unspecified atom stereocenters. The molecule has 0 saturated heterocycles. The van der Waals surface area contributed by atoms with Crippen molar-refractivity contribution in [2.75, 3.05) is 0 Å². The fourth-order valence-electron chi connectivity index (χ4n) is 1.66. The Morgan fingerprint density at radius 1 is 1.50 bits per heavy atom. The monoisotopic (exact) mass is 180 g/mol. The molecule has 12 heavy (non-hydrogen) atoms. The third-order valence-electron chi connectivity index (χ3n) is 2.31. The predicted octanol–water partition coefficient (Wildman–Crippen LogP) is 2.73. The van der Waals surface area contributed by atoms with Gasteiger partial charge >= 0.3 is 0 Å². The number of hydrogen-bond donors (Lipinski definition) is 0. The Hall–Kier alpha value is -0.820.